The molecule has 6 heteroatoms. The van der Waals surface area contributed by atoms with E-state index in [-0.39, 0.29) is 12.2 Å². The highest BCUT2D eigenvalue weighted by molar-refractivity contribution is 5.62. The number of benzene rings is 2. The van der Waals surface area contributed by atoms with E-state index in [0.717, 1.165) is 50.7 Å². The summed E-state index contributed by atoms with van der Waals surface area (Å²) >= 11 is 0. The van der Waals surface area contributed by atoms with E-state index >= 15 is 0 Å². The number of fused-ring (bicyclic) bond motifs is 1. The van der Waals surface area contributed by atoms with Crippen LogP contribution in [0.4, 0.5) is 0 Å². The molecule has 2 atom stereocenters. The van der Waals surface area contributed by atoms with Gasteiger partial charge in [-0.15, -0.1) is 0 Å². The van der Waals surface area contributed by atoms with Gasteiger partial charge in [0.15, 0.2) is 0 Å². The van der Waals surface area contributed by atoms with E-state index in [4.69, 9.17) is 9.47 Å². The van der Waals surface area contributed by atoms with Crippen molar-refractivity contribution in [3.8, 4) is 17.0 Å². The second kappa shape index (κ2) is 9.45. The van der Waals surface area contributed by atoms with Crippen LogP contribution in [0.3, 0.4) is 0 Å². The van der Waals surface area contributed by atoms with Crippen LogP contribution in [0.15, 0.2) is 54.7 Å². The number of morpholine rings is 1. The van der Waals surface area contributed by atoms with Gasteiger partial charge < -0.3 is 9.47 Å². The number of rotatable bonds is 5. The molecule has 32 heavy (non-hydrogen) atoms. The molecule has 2 aliphatic rings. The fourth-order valence-corrected chi connectivity index (χ4v) is 4.93. The summed E-state index contributed by atoms with van der Waals surface area (Å²) in [6.45, 7) is 10.5. The van der Waals surface area contributed by atoms with Crippen molar-refractivity contribution >= 4 is 0 Å². The fourth-order valence-electron chi connectivity index (χ4n) is 4.93. The third kappa shape index (κ3) is 4.88. The maximum absolute atomic E-state index is 6.09. The van der Waals surface area contributed by atoms with Crippen LogP contribution < -0.4 is 4.74 Å². The molecule has 1 saturated heterocycles. The van der Waals surface area contributed by atoms with E-state index in [2.05, 4.69) is 76.3 Å². The van der Waals surface area contributed by atoms with Crippen LogP contribution in [0.5, 0.6) is 5.75 Å². The first-order valence-corrected chi connectivity index (χ1v) is 11.6. The van der Waals surface area contributed by atoms with Crippen molar-refractivity contribution in [2.45, 2.75) is 45.7 Å². The molecule has 6 nitrogen and oxygen atoms in total. The van der Waals surface area contributed by atoms with Gasteiger partial charge in [0.05, 0.1) is 24.1 Å². The molecule has 0 bridgehead atoms. The summed E-state index contributed by atoms with van der Waals surface area (Å²) in [5.74, 6) is 1.01. The fraction of sp³-hybridized carbons (Fsp3) is 0.423. The van der Waals surface area contributed by atoms with Gasteiger partial charge in [0.25, 0.3) is 0 Å². The highest BCUT2D eigenvalue weighted by Crippen LogP contribution is 2.28. The molecule has 1 fully saturated rings. The zero-order valence-electron chi connectivity index (χ0n) is 19.0. The van der Waals surface area contributed by atoms with E-state index in [1.807, 2.05) is 12.3 Å². The summed E-state index contributed by atoms with van der Waals surface area (Å²) in [6.07, 6.45) is 2.52. The smallest absolute Gasteiger partial charge is 0.123 e. The monoisotopic (exact) mass is 432 g/mol. The Balaban J connectivity index is 1.30. The molecule has 0 aliphatic carbocycles. The summed E-state index contributed by atoms with van der Waals surface area (Å²) in [6, 6.07) is 17.1. The third-order valence-corrected chi connectivity index (χ3v) is 6.26. The van der Waals surface area contributed by atoms with E-state index < -0.39 is 0 Å². The van der Waals surface area contributed by atoms with E-state index in [0.29, 0.717) is 6.61 Å². The number of nitrogens with zero attached hydrogens (tertiary/aromatic N) is 3. The minimum Gasteiger partial charge on any atom is -0.492 e. The molecule has 0 saturated carbocycles. The average molecular weight is 433 g/mol. The van der Waals surface area contributed by atoms with Crippen molar-refractivity contribution in [1.29, 1.82) is 0 Å². The first-order valence-electron chi connectivity index (χ1n) is 11.6. The van der Waals surface area contributed by atoms with Gasteiger partial charge in [0, 0.05) is 50.4 Å². The molecule has 5 rings (SSSR count). The second-order valence-electron chi connectivity index (χ2n) is 9.09. The van der Waals surface area contributed by atoms with Gasteiger partial charge in [0.2, 0.25) is 0 Å². The zero-order valence-corrected chi connectivity index (χ0v) is 19.0. The Kier molecular flexibility index (Phi) is 6.26. The molecule has 0 unspecified atom stereocenters. The predicted octanol–water partition coefficient (Wildman–Crippen LogP) is 4.08. The highest BCUT2D eigenvalue weighted by atomic mass is 16.5. The molecular formula is C26H32N4O2. The molecule has 2 aromatic carbocycles. The Morgan fingerprint density at radius 2 is 1.81 bits per heavy atom. The lowest BCUT2D eigenvalue weighted by Gasteiger charge is -2.35. The second-order valence-corrected chi connectivity index (χ2v) is 9.09. The summed E-state index contributed by atoms with van der Waals surface area (Å²) < 4.78 is 12.0. The van der Waals surface area contributed by atoms with Gasteiger partial charge >= 0.3 is 0 Å². The van der Waals surface area contributed by atoms with Crippen LogP contribution in [-0.2, 0) is 24.4 Å². The normalized spacial score (nSPS) is 22.2. The van der Waals surface area contributed by atoms with Gasteiger partial charge in [-0.1, -0.05) is 36.4 Å². The number of hydrogen-bond donors (Lipinski definition) is 1. The molecule has 0 amide bonds. The number of aromatic amines is 1. The van der Waals surface area contributed by atoms with E-state index in [1.165, 1.54) is 22.3 Å². The Morgan fingerprint density at radius 1 is 1.00 bits per heavy atom. The topological polar surface area (TPSA) is 53.6 Å². The Morgan fingerprint density at radius 3 is 2.62 bits per heavy atom. The lowest BCUT2D eigenvalue weighted by atomic mass is 10.1. The van der Waals surface area contributed by atoms with Gasteiger partial charge in [-0.3, -0.25) is 14.9 Å². The lowest BCUT2D eigenvalue weighted by molar-refractivity contribution is -0.0704. The van der Waals surface area contributed by atoms with Crippen LogP contribution in [0.2, 0.25) is 0 Å². The molecule has 3 aromatic rings. The van der Waals surface area contributed by atoms with Gasteiger partial charge in [-0.05, 0) is 37.1 Å². The number of nitrogens with one attached hydrogen (secondary N) is 1. The van der Waals surface area contributed by atoms with Crippen molar-refractivity contribution in [3.63, 3.8) is 0 Å². The third-order valence-electron chi connectivity index (χ3n) is 6.26. The number of H-pyrrole nitrogens is 1. The van der Waals surface area contributed by atoms with Crippen LogP contribution in [0.25, 0.3) is 11.3 Å². The van der Waals surface area contributed by atoms with Crippen molar-refractivity contribution < 1.29 is 9.47 Å². The molecular weight excluding hydrogens is 400 g/mol. The standard InChI is InChI=1S/C26H32N4O2/c1-19-14-30(15-20(2)32-19)16-21-8-9-25-23(12-21)17-29(10-11-31-25)18-24-13-27-28-26(24)22-6-4-3-5-7-22/h3-9,12-13,19-20H,10-11,14-18H2,1-2H3,(H,27,28)/t19-,20+. The SMILES string of the molecule is C[C@@H]1CN(Cc2ccc3c(c2)CN(Cc2cn[nH]c2-c2ccccc2)CCO3)C[C@H](C)O1. The minimum absolute atomic E-state index is 0.284. The molecule has 1 aromatic heterocycles. The maximum atomic E-state index is 6.09. The molecule has 0 spiro atoms. The van der Waals surface area contributed by atoms with Crippen molar-refractivity contribution in [3.05, 3.63) is 71.4 Å². The van der Waals surface area contributed by atoms with E-state index in [1.54, 1.807) is 0 Å². The molecule has 0 radical (unpaired) electrons. The van der Waals surface area contributed by atoms with Gasteiger partial charge in [-0.2, -0.15) is 5.10 Å². The van der Waals surface area contributed by atoms with Crippen molar-refractivity contribution in [2.24, 2.45) is 0 Å². The summed E-state index contributed by atoms with van der Waals surface area (Å²) in [5, 5.41) is 7.51. The Labute approximate surface area is 190 Å². The van der Waals surface area contributed by atoms with E-state index in [9.17, 15) is 0 Å². The Hall–Kier alpha value is -2.67. The molecule has 3 heterocycles. The first-order chi connectivity index (χ1) is 15.6. The van der Waals surface area contributed by atoms with Crippen molar-refractivity contribution in [1.82, 2.24) is 20.0 Å². The quantitative estimate of drug-likeness (QED) is 0.658. The summed E-state index contributed by atoms with van der Waals surface area (Å²) in [5.41, 5.74) is 6.08. The zero-order chi connectivity index (χ0) is 21.9. The average Bonchev–Trinajstić information content (AvgIpc) is 3.13. The van der Waals surface area contributed by atoms with Crippen LogP contribution in [0, 0.1) is 0 Å². The number of ether oxygens (including phenoxy) is 2. The van der Waals surface area contributed by atoms with Gasteiger partial charge in [0.1, 0.15) is 12.4 Å². The largest absolute Gasteiger partial charge is 0.492 e. The van der Waals surface area contributed by atoms with Crippen LogP contribution in [0.1, 0.15) is 30.5 Å². The van der Waals surface area contributed by atoms with Gasteiger partial charge in [-0.25, -0.2) is 0 Å². The minimum atomic E-state index is 0.284. The number of hydrogen-bond acceptors (Lipinski definition) is 5. The molecule has 168 valence electrons. The first kappa shape index (κ1) is 21.2. The molecule has 2 aliphatic heterocycles. The summed E-state index contributed by atoms with van der Waals surface area (Å²) in [7, 11) is 0. The molecule has 1 N–H and O–H groups in total. The predicted molar refractivity (Wildman–Crippen MR) is 125 cm³/mol. The number of aromatic nitrogens is 2. The highest BCUT2D eigenvalue weighted by Gasteiger charge is 2.23. The maximum Gasteiger partial charge on any atom is 0.123 e. The van der Waals surface area contributed by atoms with Crippen molar-refractivity contribution in [2.75, 3.05) is 26.2 Å². The Bertz CT molecular complexity index is 1030. The van der Waals surface area contributed by atoms with Crippen LogP contribution in [-0.4, -0.2) is 58.4 Å². The van der Waals surface area contributed by atoms with Crippen LogP contribution >= 0.6 is 0 Å². The lowest BCUT2D eigenvalue weighted by Crippen LogP contribution is -2.44. The summed E-state index contributed by atoms with van der Waals surface area (Å²) in [4.78, 5) is 4.94.